The van der Waals surface area contributed by atoms with Crippen LogP contribution in [0.1, 0.15) is 40.5 Å². The van der Waals surface area contributed by atoms with Crippen molar-refractivity contribution in [1.82, 2.24) is 5.32 Å². The molecule has 5 heteroatoms. The number of carbonyl (C=O) groups excluding carboxylic acids is 1. The highest BCUT2D eigenvalue weighted by molar-refractivity contribution is 5.90. The first-order valence-corrected chi connectivity index (χ1v) is 7.39. The van der Waals surface area contributed by atoms with Gasteiger partial charge in [-0.25, -0.2) is 0 Å². The molecule has 2 aliphatic rings. The van der Waals surface area contributed by atoms with Crippen molar-refractivity contribution in [2.45, 2.75) is 57.7 Å². The van der Waals surface area contributed by atoms with E-state index >= 15 is 0 Å². The summed E-state index contributed by atoms with van der Waals surface area (Å²) in [5.74, 6) is 0.0286. The first-order valence-electron chi connectivity index (χ1n) is 7.39. The molecule has 20 heavy (non-hydrogen) atoms. The lowest BCUT2D eigenvalue weighted by atomic mass is 9.46. The van der Waals surface area contributed by atoms with Crippen LogP contribution >= 0.6 is 0 Å². The summed E-state index contributed by atoms with van der Waals surface area (Å²) in [5, 5.41) is 3.04. The Kier molecular flexibility index (Phi) is 3.91. The summed E-state index contributed by atoms with van der Waals surface area (Å²) >= 11 is 0. The van der Waals surface area contributed by atoms with Gasteiger partial charge in [0.15, 0.2) is 0 Å². The third-order valence-electron chi connectivity index (χ3n) is 5.02. The SMILES string of the molecule is COCC(C)(C)NC(=O)C1(N)C2CCCOC2C1(C)C. The van der Waals surface area contributed by atoms with Gasteiger partial charge in [0.2, 0.25) is 5.91 Å². The molecular weight excluding hydrogens is 256 g/mol. The van der Waals surface area contributed by atoms with E-state index in [2.05, 4.69) is 5.32 Å². The van der Waals surface area contributed by atoms with E-state index < -0.39 is 11.1 Å². The molecule has 1 heterocycles. The van der Waals surface area contributed by atoms with E-state index in [1.54, 1.807) is 7.11 Å². The molecule has 0 spiro atoms. The molecule has 0 bridgehead atoms. The van der Waals surface area contributed by atoms with Crippen LogP contribution in [0.15, 0.2) is 0 Å². The largest absolute Gasteiger partial charge is 0.382 e. The normalized spacial score (nSPS) is 35.9. The molecule has 1 amide bonds. The predicted octanol–water partition coefficient (Wildman–Crippen LogP) is 1.06. The number of hydrogen-bond acceptors (Lipinski definition) is 4. The molecule has 0 aromatic rings. The van der Waals surface area contributed by atoms with Gasteiger partial charge in [-0.1, -0.05) is 13.8 Å². The molecule has 0 aromatic carbocycles. The molecule has 2 fully saturated rings. The third kappa shape index (κ3) is 2.16. The second-order valence-corrected chi connectivity index (χ2v) is 7.40. The molecule has 5 nitrogen and oxygen atoms in total. The van der Waals surface area contributed by atoms with Crippen LogP contribution in [0.4, 0.5) is 0 Å². The van der Waals surface area contributed by atoms with Crippen molar-refractivity contribution in [3.63, 3.8) is 0 Å². The first kappa shape index (κ1) is 15.7. The second kappa shape index (κ2) is 4.97. The number of hydrogen-bond donors (Lipinski definition) is 2. The van der Waals surface area contributed by atoms with Gasteiger partial charge in [-0.15, -0.1) is 0 Å². The highest BCUT2D eigenvalue weighted by atomic mass is 16.5. The standard InChI is InChI=1S/C15H28N2O3/c1-13(2,9-19-5)17-12(18)15(16)10-7-6-8-20-11(10)14(15,3)4/h10-11H,6-9,16H2,1-5H3,(H,17,18). The van der Waals surface area contributed by atoms with Gasteiger partial charge in [-0.2, -0.15) is 0 Å². The predicted molar refractivity (Wildman–Crippen MR) is 77.3 cm³/mol. The van der Waals surface area contributed by atoms with Crippen molar-refractivity contribution in [3.05, 3.63) is 0 Å². The lowest BCUT2D eigenvalue weighted by Gasteiger charge is -2.65. The van der Waals surface area contributed by atoms with Crippen molar-refractivity contribution in [3.8, 4) is 0 Å². The second-order valence-electron chi connectivity index (χ2n) is 7.40. The van der Waals surface area contributed by atoms with E-state index in [9.17, 15) is 4.79 Å². The van der Waals surface area contributed by atoms with Crippen molar-refractivity contribution >= 4 is 5.91 Å². The number of amides is 1. The van der Waals surface area contributed by atoms with Crippen LogP contribution in [0.3, 0.4) is 0 Å². The number of nitrogens with one attached hydrogen (secondary N) is 1. The number of methoxy groups -OCH3 is 1. The zero-order valence-electron chi connectivity index (χ0n) is 13.3. The van der Waals surface area contributed by atoms with Crippen LogP contribution in [0, 0.1) is 11.3 Å². The Morgan fingerprint density at radius 2 is 2.15 bits per heavy atom. The highest BCUT2D eigenvalue weighted by Gasteiger charge is 2.70. The Morgan fingerprint density at radius 1 is 1.50 bits per heavy atom. The van der Waals surface area contributed by atoms with Gasteiger partial charge in [-0.05, 0) is 26.7 Å². The van der Waals surface area contributed by atoms with Crippen molar-refractivity contribution in [1.29, 1.82) is 0 Å². The molecule has 0 radical (unpaired) electrons. The van der Waals surface area contributed by atoms with Crippen LogP contribution in [0.5, 0.6) is 0 Å². The molecule has 1 saturated carbocycles. The molecule has 2 rings (SSSR count). The molecule has 3 N–H and O–H groups in total. The van der Waals surface area contributed by atoms with Crippen LogP contribution < -0.4 is 11.1 Å². The molecule has 116 valence electrons. The topological polar surface area (TPSA) is 73.6 Å². The Labute approximate surface area is 121 Å². The quantitative estimate of drug-likeness (QED) is 0.809. The average Bonchev–Trinajstić information content (AvgIpc) is 2.36. The van der Waals surface area contributed by atoms with E-state index in [4.69, 9.17) is 15.2 Å². The zero-order valence-corrected chi connectivity index (χ0v) is 13.3. The molecule has 3 atom stereocenters. The lowest BCUT2D eigenvalue weighted by Crippen LogP contribution is -2.83. The Morgan fingerprint density at radius 3 is 2.75 bits per heavy atom. The minimum Gasteiger partial charge on any atom is -0.382 e. The zero-order chi connectivity index (χ0) is 15.2. The fourth-order valence-electron chi connectivity index (χ4n) is 3.84. The van der Waals surface area contributed by atoms with Crippen molar-refractivity contribution in [2.75, 3.05) is 20.3 Å². The molecule has 3 unspecified atom stereocenters. The number of ether oxygens (including phenoxy) is 2. The van der Waals surface area contributed by atoms with Crippen LogP contribution in [0.2, 0.25) is 0 Å². The van der Waals surface area contributed by atoms with Crippen LogP contribution in [0.25, 0.3) is 0 Å². The average molecular weight is 284 g/mol. The molecule has 0 aromatic heterocycles. The number of rotatable bonds is 4. The van der Waals surface area contributed by atoms with Gasteiger partial charge in [0.1, 0.15) is 5.54 Å². The van der Waals surface area contributed by atoms with Crippen molar-refractivity contribution in [2.24, 2.45) is 17.1 Å². The van der Waals surface area contributed by atoms with Crippen LogP contribution in [-0.4, -0.2) is 43.4 Å². The van der Waals surface area contributed by atoms with Gasteiger partial charge >= 0.3 is 0 Å². The monoisotopic (exact) mass is 284 g/mol. The van der Waals surface area contributed by atoms with Gasteiger partial charge in [0, 0.05) is 25.0 Å². The summed E-state index contributed by atoms with van der Waals surface area (Å²) in [6.07, 6.45) is 2.03. The molecule has 1 aliphatic carbocycles. The first-order chi connectivity index (χ1) is 9.17. The number of fused-ring (bicyclic) bond motifs is 1. The fourth-order valence-corrected chi connectivity index (χ4v) is 3.84. The van der Waals surface area contributed by atoms with E-state index in [1.807, 2.05) is 27.7 Å². The lowest BCUT2D eigenvalue weighted by molar-refractivity contribution is -0.226. The summed E-state index contributed by atoms with van der Waals surface area (Å²) in [4.78, 5) is 12.8. The fraction of sp³-hybridized carbons (Fsp3) is 0.933. The van der Waals surface area contributed by atoms with E-state index in [1.165, 1.54) is 0 Å². The van der Waals surface area contributed by atoms with Gasteiger partial charge in [-0.3, -0.25) is 4.79 Å². The third-order valence-corrected chi connectivity index (χ3v) is 5.02. The Hall–Kier alpha value is -0.650. The Bertz CT molecular complexity index is 395. The highest BCUT2D eigenvalue weighted by Crippen LogP contribution is 2.57. The minimum absolute atomic E-state index is 0.0868. The molecule has 1 saturated heterocycles. The summed E-state index contributed by atoms with van der Waals surface area (Å²) in [7, 11) is 1.63. The van der Waals surface area contributed by atoms with Gasteiger partial charge in [0.05, 0.1) is 18.2 Å². The van der Waals surface area contributed by atoms with E-state index in [-0.39, 0.29) is 23.3 Å². The van der Waals surface area contributed by atoms with Gasteiger partial charge < -0.3 is 20.5 Å². The van der Waals surface area contributed by atoms with Crippen LogP contribution in [-0.2, 0) is 14.3 Å². The maximum absolute atomic E-state index is 12.8. The smallest absolute Gasteiger partial charge is 0.241 e. The number of nitrogens with two attached hydrogens (primary N) is 1. The summed E-state index contributed by atoms with van der Waals surface area (Å²) in [6.45, 7) is 9.18. The van der Waals surface area contributed by atoms with E-state index in [0.29, 0.717) is 6.61 Å². The Balaban J connectivity index is 2.15. The summed E-state index contributed by atoms with van der Waals surface area (Å²) in [6, 6.07) is 0. The molecular formula is C15H28N2O3. The maximum Gasteiger partial charge on any atom is 0.241 e. The van der Waals surface area contributed by atoms with Gasteiger partial charge in [0.25, 0.3) is 0 Å². The molecule has 1 aliphatic heterocycles. The minimum atomic E-state index is -0.858. The number of carbonyl (C=O) groups is 1. The summed E-state index contributed by atoms with van der Waals surface area (Å²) in [5.41, 5.74) is 4.93. The summed E-state index contributed by atoms with van der Waals surface area (Å²) < 4.78 is 11.0. The van der Waals surface area contributed by atoms with E-state index in [0.717, 1.165) is 19.4 Å². The maximum atomic E-state index is 12.8. The van der Waals surface area contributed by atoms with Crippen molar-refractivity contribution < 1.29 is 14.3 Å².